The highest BCUT2D eigenvalue weighted by atomic mass is 16.3. The second-order valence-electron chi connectivity index (χ2n) is 6.18. The number of hydrogen-bond donors (Lipinski definition) is 1. The molecule has 2 aromatic rings. The van der Waals surface area contributed by atoms with E-state index in [0.29, 0.717) is 5.75 Å². The summed E-state index contributed by atoms with van der Waals surface area (Å²) in [5.74, 6) is 0.325. The van der Waals surface area contributed by atoms with Crippen molar-refractivity contribution in [2.45, 2.75) is 65.3 Å². The minimum absolute atomic E-state index is 0.325. The molecule has 0 amide bonds. The Bertz CT molecular complexity index is 554. The summed E-state index contributed by atoms with van der Waals surface area (Å²) in [5.41, 5.74) is 3.74. The van der Waals surface area contributed by atoms with Crippen molar-refractivity contribution in [3.8, 4) is 17.0 Å². The summed E-state index contributed by atoms with van der Waals surface area (Å²) in [7, 11) is 0. The topological polar surface area (TPSA) is 25.2 Å². The van der Waals surface area contributed by atoms with Crippen molar-refractivity contribution in [3.63, 3.8) is 0 Å². The Morgan fingerprint density at radius 2 is 1.45 bits per heavy atom. The lowest BCUT2D eigenvalue weighted by Gasteiger charge is -2.12. The first-order chi connectivity index (χ1) is 10.7. The van der Waals surface area contributed by atoms with E-state index in [2.05, 4.69) is 30.5 Å². The highest BCUT2D eigenvalue weighted by molar-refractivity contribution is 5.61. The summed E-state index contributed by atoms with van der Waals surface area (Å²) in [4.78, 5) is 0. The van der Waals surface area contributed by atoms with Crippen molar-refractivity contribution in [3.05, 3.63) is 42.1 Å². The van der Waals surface area contributed by atoms with Gasteiger partial charge in [0.25, 0.3) is 0 Å². The van der Waals surface area contributed by atoms with Crippen LogP contribution in [0.4, 0.5) is 0 Å². The average Bonchev–Trinajstić information content (AvgIpc) is 2.88. The normalized spacial score (nSPS) is 11.0. The van der Waals surface area contributed by atoms with Crippen LogP contribution in [0.3, 0.4) is 0 Å². The number of aromatic nitrogens is 1. The predicted molar refractivity (Wildman–Crippen MR) is 94.3 cm³/mol. The summed E-state index contributed by atoms with van der Waals surface area (Å²) < 4.78 is 2.40. The summed E-state index contributed by atoms with van der Waals surface area (Å²) in [6, 6.07) is 11.9. The fraction of sp³-hybridized carbons (Fsp3) is 0.500. The number of phenolic OH excluding ortho intramolecular Hbond substituents is 1. The molecular formula is C20H29NO. The standard InChI is InChI=1S/C20H29NO/c1-3-4-5-6-7-8-9-16-21-17(2)10-15-20(21)18-11-13-19(22)14-12-18/h10-15,22H,3-9,16H2,1-2H3. The number of unbranched alkanes of at least 4 members (excludes halogenated alkanes) is 6. The highest BCUT2D eigenvalue weighted by Crippen LogP contribution is 2.25. The van der Waals surface area contributed by atoms with Gasteiger partial charge in [-0.05, 0) is 55.3 Å². The van der Waals surface area contributed by atoms with Gasteiger partial charge >= 0.3 is 0 Å². The first kappa shape index (κ1) is 16.7. The smallest absolute Gasteiger partial charge is 0.115 e. The summed E-state index contributed by atoms with van der Waals surface area (Å²) in [6.45, 7) is 5.52. The monoisotopic (exact) mass is 299 g/mol. The molecule has 0 unspecified atom stereocenters. The zero-order valence-electron chi connectivity index (χ0n) is 14.0. The van der Waals surface area contributed by atoms with E-state index in [0.717, 1.165) is 6.54 Å². The first-order valence-electron chi connectivity index (χ1n) is 8.68. The van der Waals surface area contributed by atoms with Crippen molar-refractivity contribution in [2.75, 3.05) is 0 Å². The summed E-state index contributed by atoms with van der Waals surface area (Å²) in [5, 5.41) is 9.43. The third kappa shape index (κ3) is 4.66. The van der Waals surface area contributed by atoms with Crippen LogP contribution in [-0.4, -0.2) is 9.67 Å². The van der Waals surface area contributed by atoms with E-state index in [9.17, 15) is 5.11 Å². The maximum atomic E-state index is 9.43. The second-order valence-corrected chi connectivity index (χ2v) is 6.18. The molecule has 1 N–H and O–H groups in total. The number of benzene rings is 1. The van der Waals surface area contributed by atoms with Gasteiger partial charge in [0.15, 0.2) is 0 Å². The van der Waals surface area contributed by atoms with Crippen LogP contribution in [0.25, 0.3) is 11.3 Å². The van der Waals surface area contributed by atoms with Crippen molar-refractivity contribution in [1.82, 2.24) is 4.57 Å². The van der Waals surface area contributed by atoms with E-state index < -0.39 is 0 Å². The molecule has 1 aromatic heterocycles. The van der Waals surface area contributed by atoms with Gasteiger partial charge in [0, 0.05) is 17.9 Å². The van der Waals surface area contributed by atoms with E-state index in [4.69, 9.17) is 0 Å². The Kier molecular flexibility index (Phi) is 6.57. The molecule has 22 heavy (non-hydrogen) atoms. The third-order valence-electron chi connectivity index (χ3n) is 4.35. The van der Waals surface area contributed by atoms with Gasteiger partial charge in [-0.3, -0.25) is 0 Å². The number of rotatable bonds is 9. The fourth-order valence-corrected chi connectivity index (χ4v) is 2.98. The van der Waals surface area contributed by atoms with E-state index >= 15 is 0 Å². The van der Waals surface area contributed by atoms with E-state index in [-0.39, 0.29) is 0 Å². The number of nitrogens with zero attached hydrogens (tertiary/aromatic N) is 1. The molecule has 0 aliphatic heterocycles. The molecular weight excluding hydrogens is 270 g/mol. The molecule has 0 fully saturated rings. The van der Waals surface area contributed by atoms with Crippen LogP contribution < -0.4 is 0 Å². The van der Waals surface area contributed by atoms with Crippen LogP contribution in [0, 0.1) is 6.92 Å². The Labute approximate surface area is 134 Å². The Hall–Kier alpha value is -1.70. The van der Waals surface area contributed by atoms with Crippen LogP contribution in [-0.2, 0) is 6.54 Å². The predicted octanol–water partition coefficient (Wildman–Crippen LogP) is 5.92. The molecule has 2 heteroatoms. The molecule has 2 nitrogen and oxygen atoms in total. The largest absolute Gasteiger partial charge is 0.508 e. The van der Waals surface area contributed by atoms with E-state index in [1.807, 2.05) is 12.1 Å². The average molecular weight is 299 g/mol. The van der Waals surface area contributed by atoms with Gasteiger partial charge in [0.05, 0.1) is 0 Å². The lowest BCUT2D eigenvalue weighted by Crippen LogP contribution is -2.02. The number of aryl methyl sites for hydroxylation is 1. The van der Waals surface area contributed by atoms with Crippen LogP contribution >= 0.6 is 0 Å². The molecule has 2 rings (SSSR count). The molecule has 120 valence electrons. The van der Waals surface area contributed by atoms with Crippen LogP contribution in [0.15, 0.2) is 36.4 Å². The molecule has 0 atom stereocenters. The van der Waals surface area contributed by atoms with Crippen molar-refractivity contribution in [2.24, 2.45) is 0 Å². The van der Waals surface area contributed by atoms with Crippen LogP contribution in [0.1, 0.15) is 57.6 Å². The zero-order valence-corrected chi connectivity index (χ0v) is 14.0. The Morgan fingerprint density at radius 1 is 0.818 bits per heavy atom. The SMILES string of the molecule is CCCCCCCCCn1c(C)ccc1-c1ccc(O)cc1. The van der Waals surface area contributed by atoms with Crippen LogP contribution in [0.2, 0.25) is 0 Å². The van der Waals surface area contributed by atoms with Gasteiger partial charge in [-0.2, -0.15) is 0 Å². The molecule has 0 radical (unpaired) electrons. The second kappa shape index (κ2) is 8.67. The maximum Gasteiger partial charge on any atom is 0.115 e. The summed E-state index contributed by atoms with van der Waals surface area (Å²) in [6.07, 6.45) is 9.37. The lowest BCUT2D eigenvalue weighted by atomic mass is 10.1. The van der Waals surface area contributed by atoms with Crippen molar-refractivity contribution < 1.29 is 5.11 Å². The molecule has 1 heterocycles. The fourth-order valence-electron chi connectivity index (χ4n) is 2.98. The Balaban J connectivity index is 1.88. The van der Waals surface area contributed by atoms with Gasteiger partial charge in [0.1, 0.15) is 5.75 Å². The molecule has 0 spiro atoms. The van der Waals surface area contributed by atoms with Gasteiger partial charge in [-0.1, -0.05) is 45.4 Å². The van der Waals surface area contributed by atoms with Crippen molar-refractivity contribution in [1.29, 1.82) is 0 Å². The number of hydrogen-bond acceptors (Lipinski definition) is 1. The molecule has 0 bridgehead atoms. The zero-order chi connectivity index (χ0) is 15.8. The lowest BCUT2D eigenvalue weighted by molar-refractivity contribution is 0.475. The van der Waals surface area contributed by atoms with Gasteiger partial charge in [-0.15, -0.1) is 0 Å². The highest BCUT2D eigenvalue weighted by Gasteiger charge is 2.07. The minimum atomic E-state index is 0.325. The number of phenols is 1. The molecule has 1 aromatic carbocycles. The molecule has 0 aliphatic rings. The molecule has 0 saturated heterocycles. The Morgan fingerprint density at radius 3 is 2.14 bits per heavy atom. The third-order valence-corrected chi connectivity index (χ3v) is 4.35. The minimum Gasteiger partial charge on any atom is -0.508 e. The molecule has 0 saturated carbocycles. The maximum absolute atomic E-state index is 9.43. The van der Waals surface area contributed by atoms with Gasteiger partial charge < -0.3 is 9.67 Å². The molecule has 0 aliphatic carbocycles. The van der Waals surface area contributed by atoms with Crippen molar-refractivity contribution >= 4 is 0 Å². The van der Waals surface area contributed by atoms with Gasteiger partial charge in [0.2, 0.25) is 0 Å². The quantitative estimate of drug-likeness (QED) is 0.571. The van der Waals surface area contributed by atoms with Crippen LogP contribution in [0.5, 0.6) is 5.75 Å². The van der Waals surface area contributed by atoms with Gasteiger partial charge in [-0.25, -0.2) is 0 Å². The summed E-state index contributed by atoms with van der Waals surface area (Å²) >= 11 is 0. The van der Waals surface area contributed by atoms with E-state index in [1.54, 1.807) is 12.1 Å². The first-order valence-corrected chi connectivity index (χ1v) is 8.68. The van der Waals surface area contributed by atoms with E-state index in [1.165, 1.54) is 61.9 Å². The number of aromatic hydroxyl groups is 1.